The topological polar surface area (TPSA) is 93.8 Å². The zero-order valence-corrected chi connectivity index (χ0v) is 17.1. The number of rotatable bonds is 6. The monoisotopic (exact) mass is 409 g/mol. The molecule has 30 heavy (non-hydrogen) atoms. The Hall–Kier alpha value is -3.39. The SMILES string of the molecule is CC(=O)Nc1cccc(NC(=O)C(=O)NCCN2CCN(c3ccccc3)CC2)c1. The summed E-state index contributed by atoms with van der Waals surface area (Å²) in [5, 5.41) is 7.84. The number of hydrogen-bond donors (Lipinski definition) is 3. The van der Waals surface area contributed by atoms with E-state index in [4.69, 9.17) is 0 Å². The lowest BCUT2D eigenvalue weighted by Crippen LogP contribution is -2.49. The molecule has 158 valence electrons. The van der Waals surface area contributed by atoms with Gasteiger partial charge in [-0.25, -0.2) is 0 Å². The molecule has 0 unspecified atom stereocenters. The highest BCUT2D eigenvalue weighted by atomic mass is 16.2. The molecular formula is C22H27N5O3. The van der Waals surface area contributed by atoms with Crippen molar-refractivity contribution in [2.45, 2.75) is 6.92 Å². The molecule has 8 heteroatoms. The van der Waals surface area contributed by atoms with Gasteiger partial charge in [0.15, 0.2) is 0 Å². The molecule has 3 rings (SSSR count). The molecule has 3 N–H and O–H groups in total. The first kappa shape index (κ1) is 21.3. The molecule has 1 fully saturated rings. The maximum Gasteiger partial charge on any atom is 0.313 e. The number of hydrogen-bond acceptors (Lipinski definition) is 5. The maximum atomic E-state index is 12.1. The summed E-state index contributed by atoms with van der Waals surface area (Å²) < 4.78 is 0. The molecule has 0 spiro atoms. The fraction of sp³-hybridized carbons (Fsp3) is 0.318. The largest absolute Gasteiger partial charge is 0.369 e. The fourth-order valence-corrected chi connectivity index (χ4v) is 3.34. The normalized spacial score (nSPS) is 14.1. The fourth-order valence-electron chi connectivity index (χ4n) is 3.34. The van der Waals surface area contributed by atoms with Crippen LogP contribution >= 0.6 is 0 Å². The molecule has 1 aliphatic heterocycles. The second-order valence-electron chi connectivity index (χ2n) is 7.14. The van der Waals surface area contributed by atoms with Gasteiger partial charge in [0.1, 0.15) is 0 Å². The Bertz CT molecular complexity index is 879. The van der Waals surface area contributed by atoms with Gasteiger partial charge >= 0.3 is 11.8 Å². The van der Waals surface area contributed by atoms with Crippen molar-refractivity contribution in [2.24, 2.45) is 0 Å². The summed E-state index contributed by atoms with van der Waals surface area (Å²) in [6.07, 6.45) is 0. The van der Waals surface area contributed by atoms with E-state index in [1.807, 2.05) is 18.2 Å². The lowest BCUT2D eigenvalue weighted by Gasteiger charge is -2.36. The van der Waals surface area contributed by atoms with Crippen LogP contribution < -0.4 is 20.9 Å². The molecule has 0 saturated carbocycles. The average Bonchev–Trinajstić information content (AvgIpc) is 2.74. The van der Waals surface area contributed by atoms with Gasteiger partial charge in [0, 0.05) is 63.3 Å². The molecule has 8 nitrogen and oxygen atoms in total. The second kappa shape index (κ2) is 10.4. The summed E-state index contributed by atoms with van der Waals surface area (Å²) in [4.78, 5) is 39.9. The third-order valence-corrected chi connectivity index (χ3v) is 4.85. The van der Waals surface area contributed by atoms with E-state index < -0.39 is 11.8 Å². The zero-order chi connectivity index (χ0) is 21.3. The number of benzene rings is 2. The van der Waals surface area contributed by atoms with E-state index in [-0.39, 0.29) is 5.91 Å². The van der Waals surface area contributed by atoms with Crippen molar-refractivity contribution in [1.29, 1.82) is 0 Å². The average molecular weight is 409 g/mol. The van der Waals surface area contributed by atoms with Crippen LogP contribution in [-0.2, 0) is 14.4 Å². The van der Waals surface area contributed by atoms with Crippen molar-refractivity contribution in [3.63, 3.8) is 0 Å². The van der Waals surface area contributed by atoms with E-state index in [2.05, 4.69) is 37.9 Å². The number of para-hydroxylation sites is 1. The molecule has 0 atom stereocenters. The smallest absolute Gasteiger partial charge is 0.313 e. The van der Waals surface area contributed by atoms with Gasteiger partial charge in [0.05, 0.1) is 0 Å². The molecule has 0 aromatic heterocycles. The summed E-state index contributed by atoms with van der Waals surface area (Å²) in [5.41, 5.74) is 2.22. The predicted molar refractivity (Wildman–Crippen MR) is 117 cm³/mol. The third kappa shape index (κ3) is 6.31. The summed E-state index contributed by atoms with van der Waals surface area (Å²) in [5.74, 6) is -1.62. The van der Waals surface area contributed by atoms with E-state index in [0.29, 0.717) is 24.5 Å². The number of piperazine rings is 1. The Morgan fingerprint density at radius 1 is 0.833 bits per heavy atom. The van der Waals surface area contributed by atoms with Gasteiger partial charge < -0.3 is 20.9 Å². The van der Waals surface area contributed by atoms with E-state index in [0.717, 1.165) is 26.2 Å². The quantitative estimate of drug-likeness (QED) is 0.629. The zero-order valence-electron chi connectivity index (χ0n) is 17.1. The summed E-state index contributed by atoms with van der Waals surface area (Å²) >= 11 is 0. The Morgan fingerprint density at radius 2 is 1.50 bits per heavy atom. The number of carbonyl (C=O) groups is 3. The van der Waals surface area contributed by atoms with Gasteiger partial charge in [-0.15, -0.1) is 0 Å². The lowest BCUT2D eigenvalue weighted by atomic mass is 10.2. The summed E-state index contributed by atoms with van der Waals surface area (Å²) in [6, 6.07) is 17.0. The van der Waals surface area contributed by atoms with Crippen LogP contribution in [0.15, 0.2) is 54.6 Å². The van der Waals surface area contributed by atoms with Crippen LogP contribution in [0.3, 0.4) is 0 Å². The molecular weight excluding hydrogens is 382 g/mol. The number of nitrogens with one attached hydrogen (secondary N) is 3. The third-order valence-electron chi connectivity index (χ3n) is 4.85. The molecule has 1 heterocycles. The minimum absolute atomic E-state index is 0.208. The minimum Gasteiger partial charge on any atom is -0.369 e. The molecule has 0 radical (unpaired) electrons. The van der Waals surface area contributed by atoms with Crippen molar-refractivity contribution in [3.8, 4) is 0 Å². The Labute approximate surface area is 176 Å². The van der Waals surface area contributed by atoms with Gasteiger partial charge in [0.25, 0.3) is 0 Å². The van der Waals surface area contributed by atoms with Crippen molar-refractivity contribution >= 4 is 34.8 Å². The van der Waals surface area contributed by atoms with E-state index in [1.54, 1.807) is 24.3 Å². The molecule has 0 bridgehead atoms. The standard InChI is InChI=1S/C22H27N5O3/c1-17(28)24-18-6-5-7-19(16-18)25-22(30)21(29)23-10-11-26-12-14-27(15-13-26)20-8-3-2-4-9-20/h2-9,16H,10-15H2,1H3,(H,23,29)(H,24,28)(H,25,30). The highest BCUT2D eigenvalue weighted by molar-refractivity contribution is 6.39. The molecule has 1 saturated heterocycles. The highest BCUT2D eigenvalue weighted by Gasteiger charge is 2.18. The second-order valence-corrected chi connectivity index (χ2v) is 7.14. The maximum absolute atomic E-state index is 12.1. The summed E-state index contributed by atoms with van der Waals surface area (Å²) in [6.45, 7) is 6.19. The summed E-state index contributed by atoms with van der Waals surface area (Å²) in [7, 11) is 0. The first-order valence-electron chi connectivity index (χ1n) is 10.0. The van der Waals surface area contributed by atoms with Gasteiger partial charge in [0.2, 0.25) is 5.91 Å². The Morgan fingerprint density at radius 3 is 2.17 bits per heavy atom. The van der Waals surface area contributed by atoms with E-state index in [1.165, 1.54) is 12.6 Å². The van der Waals surface area contributed by atoms with Crippen LogP contribution in [0.5, 0.6) is 0 Å². The van der Waals surface area contributed by atoms with Crippen LogP contribution in [-0.4, -0.2) is 61.9 Å². The molecule has 2 aromatic carbocycles. The van der Waals surface area contributed by atoms with E-state index in [9.17, 15) is 14.4 Å². The van der Waals surface area contributed by atoms with Crippen LogP contribution in [0, 0.1) is 0 Å². The highest BCUT2D eigenvalue weighted by Crippen LogP contribution is 2.16. The molecule has 3 amide bonds. The first-order valence-corrected chi connectivity index (χ1v) is 10.0. The van der Waals surface area contributed by atoms with Crippen LogP contribution in [0.1, 0.15) is 6.92 Å². The number of nitrogens with zero attached hydrogens (tertiary/aromatic N) is 2. The van der Waals surface area contributed by atoms with Crippen molar-refractivity contribution in [1.82, 2.24) is 10.2 Å². The van der Waals surface area contributed by atoms with Crippen LogP contribution in [0.4, 0.5) is 17.1 Å². The van der Waals surface area contributed by atoms with Gasteiger partial charge in [-0.2, -0.15) is 0 Å². The van der Waals surface area contributed by atoms with Crippen molar-refractivity contribution in [3.05, 3.63) is 54.6 Å². The predicted octanol–water partition coefficient (Wildman–Crippen LogP) is 1.52. The van der Waals surface area contributed by atoms with Crippen molar-refractivity contribution in [2.75, 3.05) is 54.8 Å². The lowest BCUT2D eigenvalue weighted by molar-refractivity contribution is -0.136. The number of anilines is 3. The van der Waals surface area contributed by atoms with Gasteiger partial charge in [-0.1, -0.05) is 24.3 Å². The Kier molecular flexibility index (Phi) is 7.40. The van der Waals surface area contributed by atoms with Gasteiger partial charge in [-0.05, 0) is 30.3 Å². The van der Waals surface area contributed by atoms with Gasteiger partial charge in [-0.3, -0.25) is 19.3 Å². The first-order chi connectivity index (χ1) is 14.5. The van der Waals surface area contributed by atoms with Crippen molar-refractivity contribution < 1.29 is 14.4 Å². The molecule has 1 aliphatic rings. The van der Waals surface area contributed by atoms with Crippen LogP contribution in [0.25, 0.3) is 0 Å². The molecule has 2 aromatic rings. The Balaban J connectivity index is 1.37. The van der Waals surface area contributed by atoms with E-state index >= 15 is 0 Å². The molecule has 0 aliphatic carbocycles. The number of amides is 3. The van der Waals surface area contributed by atoms with Crippen LogP contribution in [0.2, 0.25) is 0 Å². The minimum atomic E-state index is -0.733. The number of carbonyl (C=O) groups excluding carboxylic acids is 3.